The van der Waals surface area contributed by atoms with Crippen molar-refractivity contribution in [1.82, 2.24) is 20.5 Å². The van der Waals surface area contributed by atoms with E-state index >= 15 is 0 Å². The minimum absolute atomic E-state index is 0.138. The first kappa shape index (κ1) is 19.5. The quantitative estimate of drug-likeness (QED) is 0.404. The summed E-state index contributed by atoms with van der Waals surface area (Å²) in [6.45, 7) is 4.28. The van der Waals surface area contributed by atoms with Crippen LogP contribution in [0.25, 0.3) is 0 Å². The summed E-state index contributed by atoms with van der Waals surface area (Å²) >= 11 is 0. The van der Waals surface area contributed by atoms with Gasteiger partial charge in [0.05, 0.1) is 11.3 Å². The number of carbonyl (C=O) groups is 1. The first-order valence-corrected chi connectivity index (χ1v) is 9.36. The number of aromatic nitrogens is 1. The molecule has 1 aliphatic heterocycles. The highest BCUT2D eigenvalue weighted by Crippen LogP contribution is 2.27. The van der Waals surface area contributed by atoms with Crippen molar-refractivity contribution in [1.29, 1.82) is 0 Å². The fraction of sp³-hybridized carbons (Fsp3) is 0.350. The van der Waals surface area contributed by atoms with Crippen LogP contribution >= 0.6 is 0 Å². The van der Waals surface area contributed by atoms with Crippen LogP contribution in [0.2, 0.25) is 0 Å². The highest BCUT2D eigenvalue weighted by atomic mass is 16.3. The summed E-state index contributed by atoms with van der Waals surface area (Å²) in [7, 11) is 1.76. The monoisotopic (exact) mass is 382 g/mol. The summed E-state index contributed by atoms with van der Waals surface area (Å²) in [5.41, 5.74) is 1.41. The lowest BCUT2D eigenvalue weighted by atomic mass is 10.2. The molecule has 8 nitrogen and oxygen atoms in total. The van der Waals surface area contributed by atoms with Crippen LogP contribution in [0.3, 0.4) is 0 Å². The van der Waals surface area contributed by atoms with E-state index in [4.69, 9.17) is 0 Å². The molecule has 28 heavy (non-hydrogen) atoms. The van der Waals surface area contributed by atoms with Gasteiger partial charge < -0.3 is 25.5 Å². The Hall–Kier alpha value is -3.29. The van der Waals surface area contributed by atoms with Crippen molar-refractivity contribution in [3.05, 3.63) is 54.4 Å². The summed E-state index contributed by atoms with van der Waals surface area (Å²) in [6.07, 6.45) is 3.19. The molecule has 1 aliphatic rings. The molecule has 2 aromatic rings. The van der Waals surface area contributed by atoms with Gasteiger partial charge in [-0.2, -0.15) is 0 Å². The third-order valence-corrected chi connectivity index (χ3v) is 4.63. The van der Waals surface area contributed by atoms with E-state index < -0.39 is 0 Å². The Morgan fingerprint density at radius 2 is 1.86 bits per heavy atom. The molecule has 0 bridgehead atoms. The number of hydrogen-bond donors (Lipinski definition) is 3. The molecule has 0 aliphatic carbocycles. The molecule has 3 N–H and O–H groups in total. The average Bonchev–Trinajstić information content (AvgIpc) is 2.75. The molecule has 1 aromatic carbocycles. The van der Waals surface area contributed by atoms with Gasteiger partial charge in [-0.05, 0) is 24.3 Å². The second-order valence-electron chi connectivity index (χ2n) is 6.43. The lowest BCUT2D eigenvalue weighted by molar-refractivity contribution is 0.0954. The van der Waals surface area contributed by atoms with Crippen LogP contribution < -0.4 is 15.5 Å². The molecular formula is C20H26N6O2. The Bertz CT molecular complexity index is 803. The molecule has 1 fully saturated rings. The Morgan fingerprint density at radius 1 is 1.11 bits per heavy atom. The Morgan fingerprint density at radius 3 is 2.54 bits per heavy atom. The first-order valence-electron chi connectivity index (χ1n) is 9.36. The number of pyridine rings is 1. The number of phenolic OH excluding ortho intramolecular Hbond substituents is 1. The highest BCUT2D eigenvalue weighted by Gasteiger charge is 2.21. The van der Waals surface area contributed by atoms with Gasteiger partial charge in [0.1, 0.15) is 5.75 Å². The maximum atomic E-state index is 12.0. The standard InChI is InChI=1S/C20H26N6O2/c1-21-20(24-10-9-23-19(28)16-5-4-8-22-15-16)26-13-11-25(12-14-26)17-6-2-3-7-18(17)27/h2-8,15,27H,9-14H2,1H3,(H,21,24)(H,23,28). The van der Waals surface area contributed by atoms with Crippen LogP contribution in [0.4, 0.5) is 5.69 Å². The molecule has 0 spiro atoms. The van der Waals surface area contributed by atoms with Gasteiger partial charge >= 0.3 is 0 Å². The lowest BCUT2D eigenvalue weighted by Gasteiger charge is -2.37. The molecule has 0 atom stereocenters. The third kappa shape index (κ3) is 4.91. The number of nitrogens with zero attached hydrogens (tertiary/aromatic N) is 4. The Balaban J connectivity index is 1.42. The number of hydrogen-bond acceptors (Lipinski definition) is 5. The van der Waals surface area contributed by atoms with Crippen LogP contribution in [-0.4, -0.2) is 73.2 Å². The van der Waals surface area contributed by atoms with E-state index in [0.29, 0.717) is 24.4 Å². The SMILES string of the molecule is CN=C(NCCNC(=O)c1cccnc1)N1CCN(c2ccccc2O)CC1. The summed E-state index contributed by atoms with van der Waals surface area (Å²) in [6, 6.07) is 10.9. The number of para-hydroxylation sites is 2. The van der Waals surface area contributed by atoms with Gasteiger partial charge in [0.25, 0.3) is 5.91 Å². The predicted molar refractivity (Wildman–Crippen MR) is 110 cm³/mol. The lowest BCUT2D eigenvalue weighted by Crippen LogP contribution is -2.53. The van der Waals surface area contributed by atoms with Crippen molar-refractivity contribution >= 4 is 17.6 Å². The van der Waals surface area contributed by atoms with E-state index in [1.165, 1.54) is 0 Å². The Kier molecular flexibility index (Phi) is 6.67. The van der Waals surface area contributed by atoms with E-state index in [0.717, 1.165) is 37.8 Å². The van der Waals surface area contributed by atoms with E-state index in [9.17, 15) is 9.90 Å². The zero-order chi connectivity index (χ0) is 19.8. The molecule has 0 radical (unpaired) electrons. The van der Waals surface area contributed by atoms with Crippen molar-refractivity contribution in [2.45, 2.75) is 0 Å². The molecule has 1 aromatic heterocycles. The number of aliphatic imine (C=N–C) groups is 1. The second-order valence-corrected chi connectivity index (χ2v) is 6.43. The predicted octanol–water partition coefficient (Wildman–Crippen LogP) is 0.915. The first-order chi connectivity index (χ1) is 13.7. The number of aromatic hydroxyl groups is 1. The molecule has 0 unspecified atom stereocenters. The molecule has 2 heterocycles. The number of piperazine rings is 1. The maximum Gasteiger partial charge on any atom is 0.252 e. The van der Waals surface area contributed by atoms with Gasteiger partial charge in [-0.15, -0.1) is 0 Å². The van der Waals surface area contributed by atoms with E-state index in [2.05, 4.69) is 30.4 Å². The number of guanidine groups is 1. The minimum atomic E-state index is -0.138. The van der Waals surface area contributed by atoms with Crippen molar-refractivity contribution in [3.63, 3.8) is 0 Å². The number of carbonyl (C=O) groups excluding carboxylic acids is 1. The number of benzene rings is 1. The summed E-state index contributed by atoms with van der Waals surface area (Å²) in [5.74, 6) is 0.983. The molecule has 3 rings (SSSR count). The van der Waals surface area contributed by atoms with Gasteiger partial charge in [0.2, 0.25) is 0 Å². The summed E-state index contributed by atoms with van der Waals surface area (Å²) in [5, 5.41) is 16.2. The largest absolute Gasteiger partial charge is 0.506 e. The fourth-order valence-corrected chi connectivity index (χ4v) is 3.17. The summed E-state index contributed by atoms with van der Waals surface area (Å²) in [4.78, 5) is 24.7. The van der Waals surface area contributed by atoms with E-state index in [1.807, 2.05) is 18.2 Å². The second kappa shape index (κ2) is 9.59. The minimum Gasteiger partial charge on any atom is -0.506 e. The molecular weight excluding hydrogens is 356 g/mol. The van der Waals surface area contributed by atoms with Crippen LogP contribution in [0, 0.1) is 0 Å². The zero-order valence-electron chi connectivity index (χ0n) is 16.0. The number of rotatable bonds is 5. The van der Waals surface area contributed by atoms with Gasteiger partial charge in [0.15, 0.2) is 5.96 Å². The van der Waals surface area contributed by atoms with Crippen molar-refractivity contribution in [2.24, 2.45) is 4.99 Å². The fourth-order valence-electron chi connectivity index (χ4n) is 3.17. The maximum absolute atomic E-state index is 12.0. The van der Waals surface area contributed by atoms with Crippen LogP contribution in [-0.2, 0) is 0 Å². The third-order valence-electron chi connectivity index (χ3n) is 4.63. The van der Waals surface area contributed by atoms with Gasteiger partial charge in [-0.1, -0.05) is 12.1 Å². The normalized spacial score (nSPS) is 14.7. The topological polar surface area (TPSA) is 93.1 Å². The molecule has 148 valence electrons. The average molecular weight is 382 g/mol. The molecule has 1 saturated heterocycles. The highest BCUT2D eigenvalue weighted by molar-refractivity contribution is 5.93. The molecule has 8 heteroatoms. The van der Waals surface area contributed by atoms with E-state index in [-0.39, 0.29) is 5.91 Å². The molecule has 0 saturated carbocycles. The van der Waals surface area contributed by atoms with Crippen molar-refractivity contribution in [3.8, 4) is 5.75 Å². The number of phenols is 1. The van der Waals surface area contributed by atoms with Crippen LogP contribution in [0.1, 0.15) is 10.4 Å². The summed E-state index contributed by atoms with van der Waals surface area (Å²) < 4.78 is 0. The van der Waals surface area contributed by atoms with E-state index in [1.54, 1.807) is 37.6 Å². The van der Waals surface area contributed by atoms with Gasteiger partial charge in [0, 0.05) is 58.7 Å². The van der Waals surface area contributed by atoms with Crippen molar-refractivity contribution < 1.29 is 9.90 Å². The van der Waals surface area contributed by atoms with Crippen LogP contribution in [0.5, 0.6) is 5.75 Å². The number of amides is 1. The number of anilines is 1. The smallest absolute Gasteiger partial charge is 0.252 e. The zero-order valence-corrected chi connectivity index (χ0v) is 16.0. The molecule has 1 amide bonds. The Labute approximate surface area is 164 Å². The number of nitrogens with one attached hydrogen (secondary N) is 2. The van der Waals surface area contributed by atoms with Gasteiger partial charge in [-0.25, -0.2) is 0 Å². The van der Waals surface area contributed by atoms with Crippen molar-refractivity contribution in [2.75, 3.05) is 51.2 Å². The van der Waals surface area contributed by atoms with Gasteiger partial charge in [-0.3, -0.25) is 14.8 Å². The van der Waals surface area contributed by atoms with Crippen LogP contribution in [0.15, 0.2) is 53.8 Å².